The van der Waals surface area contributed by atoms with Crippen molar-refractivity contribution in [3.63, 3.8) is 0 Å². The van der Waals surface area contributed by atoms with Crippen LogP contribution in [-0.4, -0.2) is 26.3 Å². The molecular weight excluding hydrogens is 375 g/mol. The third-order valence-electron chi connectivity index (χ3n) is 2.71. The van der Waals surface area contributed by atoms with Crippen LogP contribution in [-0.2, 0) is 19.7 Å². The molecule has 0 amide bonds. The van der Waals surface area contributed by atoms with Gasteiger partial charge in [-0.15, -0.1) is 0 Å². The molecule has 26 heavy (non-hydrogen) atoms. The van der Waals surface area contributed by atoms with Crippen molar-refractivity contribution in [2.45, 2.75) is 18.0 Å². The van der Waals surface area contributed by atoms with Gasteiger partial charge in [-0.25, -0.2) is 13.2 Å². The minimum Gasteiger partial charge on any atom is -0.348 e. The van der Waals surface area contributed by atoms with Crippen LogP contribution in [0.1, 0.15) is 17.3 Å². The molecule has 0 saturated carbocycles. The number of ketones is 1. The molecule has 0 radical (unpaired) electrons. The van der Waals surface area contributed by atoms with Crippen molar-refractivity contribution in [3.8, 4) is 0 Å². The lowest BCUT2D eigenvalue weighted by atomic mass is 10.2. The molecular formula is C16H14F3NO5S. The summed E-state index contributed by atoms with van der Waals surface area (Å²) in [5.74, 6) is -2.52. The molecule has 140 valence electrons. The molecule has 0 aliphatic carbocycles. The van der Waals surface area contributed by atoms with Crippen LogP contribution in [0.2, 0.25) is 0 Å². The van der Waals surface area contributed by atoms with Gasteiger partial charge in [-0.3, -0.25) is 4.79 Å². The summed E-state index contributed by atoms with van der Waals surface area (Å²) < 4.78 is 57.8. The Balaban J connectivity index is 0.000000314. The van der Waals surface area contributed by atoms with E-state index in [0.29, 0.717) is 0 Å². The zero-order valence-corrected chi connectivity index (χ0v) is 14.2. The van der Waals surface area contributed by atoms with Gasteiger partial charge in [0, 0.05) is 5.56 Å². The zero-order chi connectivity index (χ0) is 19.8. The first-order valence-electron chi connectivity index (χ1n) is 6.95. The number of hydrogen-bond donors (Lipinski definition) is 1. The van der Waals surface area contributed by atoms with E-state index in [-0.39, 0.29) is 10.7 Å². The second kappa shape index (κ2) is 9.11. The molecule has 0 bridgehead atoms. The van der Waals surface area contributed by atoms with E-state index in [2.05, 4.69) is 4.84 Å². The van der Waals surface area contributed by atoms with E-state index < -0.39 is 22.2 Å². The summed E-state index contributed by atoms with van der Waals surface area (Å²) >= 11 is 0. The summed E-state index contributed by atoms with van der Waals surface area (Å²) in [6, 6.07) is 15.7. The topological polar surface area (TPSA) is 89.5 Å². The molecule has 2 aromatic carbocycles. The standard InChI is InChI=1S/C8H6F3NO4S.C8H8O/c9-8(10,11)7(13)16-12-17(14,15)6-4-2-1-3-5-6;1-7(9)8-5-3-2-4-6-8/h1-5,12H;2-6H,1H3. The monoisotopic (exact) mass is 389 g/mol. The molecule has 2 aromatic rings. The molecule has 6 nitrogen and oxygen atoms in total. The minimum atomic E-state index is -5.26. The van der Waals surface area contributed by atoms with Gasteiger partial charge in [0.2, 0.25) is 0 Å². The molecule has 2 rings (SSSR count). The quantitative estimate of drug-likeness (QED) is 0.642. The predicted molar refractivity (Wildman–Crippen MR) is 85.4 cm³/mol. The highest BCUT2D eigenvalue weighted by molar-refractivity contribution is 7.89. The highest BCUT2D eigenvalue weighted by Gasteiger charge is 2.42. The Morgan fingerprint density at radius 2 is 1.38 bits per heavy atom. The zero-order valence-electron chi connectivity index (χ0n) is 13.4. The first kappa shape index (κ1) is 21.3. The van der Waals surface area contributed by atoms with Crippen LogP contribution >= 0.6 is 0 Å². The number of nitrogens with one attached hydrogen (secondary N) is 1. The number of Topliss-reactive ketones (excluding diaryl/α,β-unsaturated/α-hetero) is 1. The first-order chi connectivity index (χ1) is 12.0. The Morgan fingerprint density at radius 3 is 1.77 bits per heavy atom. The number of sulfonamides is 1. The van der Waals surface area contributed by atoms with Crippen molar-refractivity contribution in [1.29, 1.82) is 0 Å². The van der Waals surface area contributed by atoms with E-state index in [0.717, 1.165) is 22.6 Å². The van der Waals surface area contributed by atoms with Crippen LogP contribution in [0, 0.1) is 0 Å². The Morgan fingerprint density at radius 1 is 0.923 bits per heavy atom. The average molecular weight is 389 g/mol. The van der Waals surface area contributed by atoms with Crippen LogP contribution in [0.4, 0.5) is 13.2 Å². The van der Waals surface area contributed by atoms with Gasteiger partial charge in [0.25, 0.3) is 10.0 Å². The largest absolute Gasteiger partial charge is 0.492 e. The van der Waals surface area contributed by atoms with Gasteiger partial charge in [0.1, 0.15) is 0 Å². The Bertz CT molecular complexity index is 837. The van der Waals surface area contributed by atoms with Gasteiger partial charge in [-0.05, 0) is 23.9 Å². The Kier molecular flexibility index (Phi) is 7.47. The molecule has 10 heteroatoms. The fourth-order valence-corrected chi connectivity index (χ4v) is 2.27. The van der Waals surface area contributed by atoms with Crippen LogP contribution in [0.5, 0.6) is 0 Å². The van der Waals surface area contributed by atoms with Gasteiger partial charge in [-0.2, -0.15) is 13.2 Å². The molecule has 0 aliphatic heterocycles. The number of halogens is 3. The second-order valence-electron chi connectivity index (χ2n) is 4.71. The fourth-order valence-electron chi connectivity index (χ4n) is 1.47. The van der Waals surface area contributed by atoms with Gasteiger partial charge in [0.05, 0.1) is 4.90 Å². The van der Waals surface area contributed by atoms with Gasteiger partial charge in [0.15, 0.2) is 5.78 Å². The maximum absolute atomic E-state index is 11.7. The highest BCUT2D eigenvalue weighted by Crippen LogP contribution is 2.16. The molecule has 0 fully saturated rings. The van der Waals surface area contributed by atoms with E-state index in [1.54, 1.807) is 6.92 Å². The summed E-state index contributed by atoms with van der Waals surface area (Å²) in [6.45, 7) is 1.56. The van der Waals surface area contributed by atoms with Crippen molar-refractivity contribution in [2.24, 2.45) is 0 Å². The molecule has 1 N–H and O–H groups in total. The number of benzene rings is 2. The van der Waals surface area contributed by atoms with Crippen molar-refractivity contribution in [2.75, 3.05) is 0 Å². The average Bonchev–Trinajstić information content (AvgIpc) is 2.61. The molecule has 0 spiro atoms. The summed E-state index contributed by atoms with van der Waals surface area (Å²) in [6.07, 6.45) is -5.26. The normalized spacial score (nSPS) is 11.1. The van der Waals surface area contributed by atoms with E-state index >= 15 is 0 Å². The molecule has 0 aromatic heterocycles. The fraction of sp³-hybridized carbons (Fsp3) is 0.125. The van der Waals surface area contributed by atoms with Crippen molar-refractivity contribution in [1.82, 2.24) is 4.89 Å². The smallest absolute Gasteiger partial charge is 0.348 e. The van der Waals surface area contributed by atoms with Gasteiger partial charge in [-0.1, -0.05) is 48.5 Å². The Hall–Kier alpha value is -2.72. The molecule has 0 aliphatic rings. The number of hydrogen-bond acceptors (Lipinski definition) is 5. The molecule has 0 atom stereocenters. The SMILES string of the molecule is CC(=O)c1ccccc1.O=C(ONS(=O)(=O)c1ccccc1)C(F)(F)F. The lowest BCUT2D eigenvalue weighted by Crippen LogP contribution is -2.34. The third kappa shape index (κ3) is 7.03. The van der Waals surface area contributed by atoms with Crippen LogP contribution in [0.25, 0.3) is 0 Å². The number of carbonyl (C=O) groups is 2. The summed E-state index contributed by atoms with van der Waals surface area (Å²) in [7, 11) is -4.31. The molecule has 0 unspecified atom stereocenters. The lowest BCUT2D eigenvalue weighted by molar-refractivity contribution is -0.203. The Labute approximate surface area is 147 Å². The van der Waals surface area contributed by atoms with E-state index in [9.17, 15) is 31.2 Å². The summed E-state index contributed by atoms with van der Waals surface area (Å²) in [4.78, 5) is 25.1. The minimum absolute atomic E-state index is 0.121. The molecule has 0 saturated heterocycles. The van der Waals surface area contributed by atoms with Crippen molar-refractivity contribution < 1.29 is 36.0 Å². The summed E-state index contributed by atoms with van der Waals surface area (Å²) in [5, 5.41) is 0. The second-order valence-corrected chi connectivity index (χ2v) is 6.35. The van der Waals surface area contributed by atoms with Crippen LogP contribution in [0.15, 0.2) is 65.6 Å². The predicted octanol–water partition coefficient (Wildman–Crippen LogP) is 2.87. The summed E-state index contributed by atoms with van der Waals surface area (Å²) in [5.41, 5.74) is 0.775. The molecule has 0 heterocycles. The van der Waals surface area contributed by atoms with Gasteiger partial charge < -0.3 is 4.84 Å². The number of alkyl halides is 3. The van der Waals surface area contributed by atoms with Crippen molar-refractivity contribution >= 4 is 21.8 Å². The van der Waals surface area contributed by atoms with Crippen molar-refractivity contribution in [3.05, 3.63) is 66.2 Å². The van der Waals surface area contributed by atoms with E-state index in [1.165, 1.54) is 18.2 Å². The van der Waals surface area contributed by atoms with Gasteiger partial charge >= 0.3 is 12.1 Å². The maximum atomic E-state index is 11.7. The third-order valence-corrected chi connectivity index (χ3v) is 3.90. The highest BCUT2D eigenvalue weighted by atomic mass is 32.2. The van der Waals surface area contributed by atoms with Crippen LogP contribution < -0.4 is 4.89 Å². The number of rotatable bonds is 4. The number of carbonyl (C=O) groups excluding carboxylic acids is 2. The first-order valence-corrected chi connectivity index (χ1v) is 8.43. The maximum Gasteiger partial charge on any atom is 0.492 e. The van der Waals surface area contributed by atoms with E-state index in [4.69, 9.17) is 0 Å². The van der Waals surface area contributed by atoms with E-state index in [1.807, 2.05) is 30.3 Å². The lowest BCUT2D eigenvalue weighted by Gasteiger charge is -2.08. The van der Waals surface area contributed by atoms with Crippen LogP contribution in [0.3, 0.4) is 0 Å².